The third-order valence-electron chi connectivity index (χ3n) is 3.89. The number of hydrogen-bond donors (Lipinski definition) is 1. The lowest BCUT2D eigenvalue weighted by Gasteiger charge is -2.23. The number of carbonyl (C=O) groups excluding carboxylic acids is 2. The van der Waals surface area contributed by atoms with E-state index >= 15 is 0 Å². The van der Waals surface area contributed by atoms with Crippen molar-refractivity contribution in [2.75, 3.05) is 10.3 Å². The summed E-state index contributed by atoms with van der Waals surface area (Å²) in [6.45, 7) is 1.92. The summed E-state index contributed by atoms with van der Waals surface area (Å²) in [7, 11) is 0. The van der Waals surface area contributed by atoms with Gasteiger partial charge >= 0.3 is 0 Å². The van der Waals surface area contributed by atoms with E-state index in [1.807, 2.05) is 31.2 Å². The minimum Gasteiger partial charge on any atom is -0.321 e. The number of amides is 2. The van der Waals surface area contributed by atoms with Gasteiger partial charge in [0.1, 0.15) is 11.8 Å². The van der Waals surface area contributed by atoms with Crippen LogP contribution in [0, 0.1) is 18.3 Å². The van der Waals surface area contributed by atoms with Gasteiger partial charge in [0.2, 0.25) is 5.91 Å². The van der Waals surface area contributed by atoms with E-state index in [4.69, 9.17) is 16.9 Å². The quantitative estimate of drug-likeness (QED) is 0.899. The summed E-state index contributed by atoms with van der Waals surface area (Å²) in [4.78, 5) is 24.7. The molecule has 0 saturated heterocycles. The van der Waals surface area contributed by atoms with Crippen molar-refractivity contribution in [2.45, 2.75) is 19.8 Å². The zero-order chi connectivity index (χ0) is 18.7. The third-order valence-corrected chi connectivity index (χ3v) is 4.22. The monoisotopic (exact) mass is 366 g/mol. The number of benzene rings is 2. The Morgan fingerprint density at radius 3 is 2.81 bits per heavy atom. The Hall–Kier alpha value is -3.17. The van der Waals surface area contributed by atoms with Crippen LogP contribution in [0.1, 0.15) is 24.0 Å². The fraction of sp³-hybridized carbons (Fsp3) is 0.158. The number of nitrogens with one attached hydrogen (secondary N) is 1. The first kappa shape index (κ1) is 17.6. The Kier molecular flexibility index (Phi) is 5.01. The lowest BCUT2D eigenvalue weighted by atomic mass is 10.1. The Morgan fingerprint density at radius 1 is 1.27 bits per heavy atom. The molecule has 7 heteroatoms. The van der Waals surface area contributed by atoms with Crippen molar-refractivity contribution in [3.05, 3.63) is 58.6 Å². The molecule has 0 aromatic heterocycles. The highest BCUT2D eigenvalue weighted by Gasteiger charge is 2.25. The van der Waals surface area contributed by atoms with Crippen LogP contribution in [0.15, 0.2) is 47.6 Å². The van der Waals surface area contributed by atoms with Crippen LogP contribution in [-0.4, -0.2) is 17.5 Å². The van der Waals surface area contributed by atoms with Gasteiger partial charge < -0.3 is 5.32 Å². The highest BCUT2D eigenvalue weighted by Crippen LogP contribution is 2.23. The second-order valence-electron chi connectivity index (χ2n) is 5.85. The number of anilines is 2. The molecule has 0 atom stereocenters. The summed E-state index contributed by atoms with van der Waals surface area (Å²) in [5.74, 6) is -0.577. The maximum atomic E-state index is 12.5. The first-order chi connectivity index (χ1) is 12.5. The van der Waals surface area contributed by atoms with Crippen molar-refractivity contribution in [3.63, 3.8) is 0 Å². The summed E-state index contributed by atoms with van der Waals surface area (Å²) >= 11 is 5.89. The average molecular weight is 367 g/mol. The largest absolute Gasteiger partial charge is 0.321 e. The van der Waals surface area contributed by atoms with Crippen LogP contribution >= 0.6 is 11.6 Å². The number of halogens is 1. The van der Waals surface area contributed by atoms with Gasteiger partial charge in [0, 0.05) is 18.5 Å². The number of aryl methyl sites for hydroxylation is 1. The summed E-state index contributed by atoms with van der Waals surface area (Å²) in [5.41, 5.74) is 2.58. The number of rotatable bonds is 3. The number of hydrazone groups is 1. The van der Waals surface area contributed by atoms with Crippen LogP contribution in [0.4, 0.5) is 11.4 Å². The van der Waals surface area contributed by atoms with Crippen LogP contribution in [0.3, 0.4) is 0 Å². The van der Waals surface area contributed by atoms with Gasteiger partial charge in [0.05, 0.1) is 16.3 Å². The second kappa shape index (κ2) is 7.38. The van der Waals surface area contributed by atoms with Crippen molar-refractivity contribution in [1.29, 1.82) is 5.26 Å². The Labute approximate surface area is 155 Å². The van der Waals surface area contributed by atoms with Crippen LogP contribution in [0.2, 0.25) is 5.02 Å². The van der Waals surface area contributed by atoms with E-state index in [1.54, 1.807) is 18.2 Å². The molecular weight excluding hydrogens is 352 g/mol. The van der Waals surface area contributed by atoms with Crippen LogP contribution in [0.5, 0.6) is 0 Å². The molecule has 0 radical (unpaired) electrons. The number of hydrogen-bond acceptors (Lipinski definition) is 4. The van der Waals surface area contributed by atoms with Gasteiger partial charge in [-0.05, 0) is 42.8 Å². The van der Waals surface area contributed by atoms with Gasteiger partial charge in [-0.25, -0.2) is 5.01 Å². The van der Waals surface area contributed by atoms with E-state index in [9.17, 15) is 9.59 Å². The van der Waals surface area contributed by atoms with Crippen molar-refractivity contribution in [1.82, 2.24) is 0 Å². The van der Waals surface area contributed by atoms with E-state index < -0.39 is 5.91 Å². The molecule has 0 fully saturated rings. The Morgan fingerprint density at radius 2 is 2.08 bits per heavy atom. The van der Waals surface area contributed by atoms with Crippen LogP contribution in [0.25, 0.3) is 0 Å². The fourth-order valence-electron chi connectivity index (χ4n) is 2.57. The molecule has 1 aliphatic rings. The van der Waals surface area contributed by atoms with Crippen molar-refractivity contribution >= 4 is 40.5 Å². The van der Waals surface area contributed by atoms with E-state index in [1.165, 1.54) is 11.1 Å². The molecule has 3 rings (SSSR count). The Bertz CT molecular complexity index is 962. The second-order valence-corrected chi connectivity index (χ2v) is 6.26. The SMILES string of the molecule is Cc1cccc(N2N=C(C(=O)Nc3ccc(Cl)c(C#N)c3)CCC2=O)c1. The normalized spacial score (nSPS) is 13.8. The van der Waals surface area contributed by atoms with E-state index in [-0.39, 0.29) is 30.0 Å². The molecule has 130 valence electrons. The topological polar surface area (TPSA) is 85.6 Å². The molecular formula is C19H15ClN4O2. The molecule has 0 saturated carbocycles. The van der Waals surface area contributed by atoms with Crippen LogP contribution < -0.4 is 10.3 Å². The van der Waals surface area contributed by atoms with E-state index in [0.29, 0.717) is 16.4 Å². The van der Waals surface area contributed by atoms with Crippen molar-refractivity contribution < 1.29 is 9.59 Å². The fourth-order valence-corrected chi connectivity index (χ4v) is 2.73. The average Bonchev–Trinajstić information content (AvgIpc) is 2.63. The molecule has 2 amide bonds. The predicted molar refractivity (Wildman–Crippen MR) is 100 cm³/mol. The zero-order valence-electron chi connectivity index (χ0n) is 14.0. The number of carbonyl (C=O) groups is 2. The third kappa shape index (κ3) is 3.73. The zero-order valence-corrected chi connectivity index (χ0v) is 14.7. The predicted octanol–water partition coefficient (Wildman–Crippen LogP) is 3.64. The Balaban J connectivity index is 1.84. The molecule has 2 aromatic rings. The van der Waals surface area contributed by atoms with Gasteiger partial charge in [-0.3, -0.25) is 9.59 Å². The first-order valence-corrected chi connectivity index (χ1v) is 8.34. The van der Waals surface area contributed by atoms with Crippen molar-refractivity contribution in [3.8, 4) is 6.07 Å². The maximum absolute atomic E-state index is 12.5. The lowest BCUT2D eigenvalue weighted by Crippen LogP contribution is -2.36. The standard InChI is InChI=1S/C19H15ClN4O2/c1-12-3-2-4-15(9-12)24-18(25)8-7-17(23-24)19(26)22-14-5-6-16(20)13(10-14)11-21/h2-6,9-10H,7-8H2,1H3,(H,22,26). The minimum absolute atomic E-state index is 0.162. The highest BCUT2D eigenvalue weighted by molar-refractivity contribution is 6.44. The van der Waals surface area contributed by atoms with Gasteiger partial charge in [-0.15, -0.1) is 0 Å². The summed E-state index contributed by atoms with van der Waals surface area (Å²) < 4.78 is 0. The number of nitriles is 1. The maximum Gasteiger partial charge on any atom is 0.271 e. The van der Waals surface area contributed by atoms with E-state index in [0.717, 1.165) is 5.56 Å². The van der Waals surface area contributed by atoms with Gasteiger partial charge in [0.15, 0.2) is 0 Å². The molecule has 2 aromatic carbocycles. The minimum atomic E-state index is -0.415. The molecule has 26 heavy (non-hydrogen) atoms. The summed E-state index contributed by atoms with van der Waals surface area (Å²) in [6.07, 6.45) is 0.454. The summed E-state index contributed by atoms with van der Waals surface area (Å²) in [5, 5.41) is 17.5. The van der Waals surface area contributed by atoms with E-state index in [2.05, 4.69) is 10.4 Å². The molecule has 1 aliphatic heterocycles. The van der Waals surface area contributed by atoms with Gasteiger partial charge in [0.25, 0.3) is 5.91 Å². The molecule has 0 unspecified atom stereocenters. The highest BCUT2D eigenvalue weighted by atomic mass is 35.5. The molecule has 1 heterocycles. The smallest absolute Gasteiger partial charge is 0.271 e. The first-order valence-electron chi connectivity index (χ1n) is 7.96. The molecule has 0 bridgehead atoms. The molecule has 1 N–H and O–H groups in total. The molecule has 6 nitrogen and oxygen atoms in total. The van der Waals surface area contributed by atoms with Gasteiger partial charge in [-0.2, -0.15) is 10.4 Å². The van der Waals surface area contributed by atoms with Crippen molar-refractivity contribution in [2.24, 2.45) is 5.10 Å². The lowest BCUT2D eigenvalue weighted by molar-refractivity contribution is -0.118. The summed E-state index contributed by atoms with van der Waals surface area (Å²) in [6, 6.07) is 14.0. The van der Waals surface area contributed by atoms with Gasteiger partial charge in [-0.1, -0.05) is 23.7 Å². The molecule has 0 aliphatic carbocycles. The van der Waals surface area contributed by atoms with Crippen LogP contribution in [-0.2, 0) is 9.59 Å². The molecule has 0 spiro atoms. The number of nitrogens with zero attached hydrogens (tertiary/aromatic N) is 3.